The van der Waals surface area contributed by atoms with Crippen molar-refractivity contribution < 1.29 is 13.2 Å². The number of carbonyl (C=O) groups excluding carboxylic acids is 1. The maximum atomic E-state index is 12.5. The molecule has 0 radical (unpaired) electrons. The number of fused-ring (bicyclic) bond motifs is 1. The van der Waals surface area contributed by atoms with Gasteiger partial charge < -0.3 is 4.90 Å². The number of sulfone groups is 1. The van der Waals surface area contributed by atoms with Crippen molar-refractivity contribution in [2.45, 2.75) is 50.0 Å². The Morgan fingerprint density at radius 2 is 1.85 bits per heavy atom. The normalized spacial score (nSPS) is 14.5. The van der Waals surface area contributed by atoms with Crippen molar-refractivity contribution >= 4 is 15.7 Å². The lowest BCUT2D eigenvalue weighted by atomic mass is 10.1. The molecule has 26 heavy (non-hydrogen) atoms. The lowest BCUT2D eigenvalue weighted by Crippen LogP contribution is -2.28. The molecule has 1 aliphatic rings. The number of hydrogen-bond donors (Lipinski definition) is 1. The molecule has 0 atom stereocenters. The largest absolute Gasteiger partial charge is 0.339 e. The van der Waals surface area contributed by atoms with Crippen LogP contribution in [0.5, 0.6) is 0 Å². The Morgan fingerprint density at radius 3 is 2.54 bits per heavy atom. The summed E-state index contributed by atoms with van der Waals surface area (Å²) < 4.78 is 23.0. The first-order valence-electron chi connectivity index (χ1n) is 8.92. The fourth-order valence-corrected chi connectivity index (χ4v) is 3.96. The first-order chi connectivity index (χ1) is 12.3. The Morgan fingerprint density at radius 1 is 1.15 bits per heavy atom. The number of likely N-dealkylation sites (N-methyl/N-ethyl adjacent to an activating group) is 1. The minimum atomic E-state index is -3.22. The highest BCUT2D eigenvalue weighted by Gasteiger charge is 2.19. The molecule has 140 valence electrons. The minimum absolute atomic E-state index is 0.0116. The zero-order chi connectivity index (χ0) is 18.7. The molecule has 3 rings (SSSR count). The summed E-state index contributed by atoms with van der Waals surface area (Å²) in [6, 6.07) is 6.49. The van der Waals surface area contributed by atoms with Crippen molar-refractivity contribution in [2.75, 3.05) is 13.3 Å². The van der Waals surface area contributed by atoms with Crippen LogP contribution in [0.15, 0.2) is 29.2 Å². The van der Waals surface area contributed by atoms with E-state index in [9.17, 15) is 13.2 Å². The lowest BCUT2D eigenvalue weighted by molar-refractivity contribution is -0.129. The van der Waals surface area contributed by atoms with E-state index in [0.29, 0.717) is 6.54 Å². The molecule has 1 amide bonds. The van der Waals surface area contributed by atoms with Crippen LogP contribution in [-0.2, 0) is 40.4 Å². The van der Waals surface area contributed by atoms with Crippen LogP contribution in [0.2, 0.25) is 0 Å². The zero-order valence-corrected chi connectivity index (χ0v) is 16.1. The molecule has 0 saturated heterocycles. The number of H-pyrrole nitrogens is 1. The Hall–Kier alpha value is -2.15. The highest BCUT2D eigenvalue weighted by molar-refractivity contribution is 7.90. The highest BCUT2D eigenvalue weighted by atomic mass is 32.2. The van der Waals surface area contributed by atoms with Gasteiger partial charge in [-0.1, -0.05) is 18.6 Å². The molecule has 0 saturated carbocycles. The van der Waals surface area contributed by atoms with Gasteiger partial charge in [-0.25, -0.2) is 8.42 Å². The first kappa shape index (κ1) is 18.6. The predicted octanol–water partition coefficient (Wildman–Crippen LogP) is 2.28. The number of benzene rings is 1. The quantitative estimate of drug-likeness (QED) is 0.813. The molecule has 0 bridgehead atoms. The Labute approximate surface area is 154 Å². The second-order valence-corrected chi connectivity index (χ2v) is 9.05. The third kappa shape index (κ3) is 4.33. The van der Waals surface area contributed by atoms with Crippen LogP contribution in [0.1, 0.15) is 41.8 Å². The van der Waals surface area contributed by atoms with Crippen LogP contribution in [0.25, 0.3) is 0 Å². The number of aromatic amines is 1. The summed E-state index contributed by atoms with van der Waals surface area (Å²) in [5, 5.41) is 7.56. The second kappa shape index (κ2) is 7.61. The number of hydrogen-bond acceptors (Lipinski definition) is 4. The number of rotatable bonds is 5. The van der Waals surface area contributed by atoms with Crippen LogP contribution in [0.4, 0.5) is 0 Å². The molecule has 0 aliphatic heterocycles. The summed E-state index contributed by atoms with van der Waals surface area (Å²) in [6.07, 6.45) is 7.07. The Bertz CT molecular complexity index is 885. The summed E-state index contributed by atoms with van der Waals surface area (Å²) in [4.78, 5) is 14.5. The van der Waals surface area contributed by atoms with Crippen molar-refractivity contribution in [2.24, 2.45) is 0 Å². The van der Waals surface area contributed by atoms with Gasteiger partial charge in [0.2, 0.25) is 5.91 Å². The average molecular weight is 375 g/mol. The van der Waals surface area contributed by atoms with Crippen molar-refractivity contribution in [1.29, 1.82) is 0 Å². The van der Waals surface area contributed by atoms with Gasteiger partial charge in [0, 0.05) is 19.0 Å². The minimum Gasteiger partial charge on any atom is -0.339 e. The molecule has 7 heteroatoms. The monoisotopic (exact) mass is 375 g/mol. The van der Waals surface area contributed by atoms with E-state index < -0.39 is 9.84 Å². The SMILES string of the molecule is CN(Cc1n[nH]c2c1CCCCC2)C(=O)Cc1ccc(S(C)(=O)=O)cc1. The smallest absolute Gasteiger partial charge is 0.227 e. The third-order valence-electron chi connectivity index (χ3n) is 4.91. The molecule has 0 unspecified atom stereocenters. The van der Waals surface area contributed by atoms with E-state index in [0.717, 1.165) is 24.1 Å². The Kier molecular flexibility index (Phi) is 5.46. The number of amides is 1. The fraction of sp³-hybridized carbons (Fsp3) is 0.474. The summed E-state index contributed by atoms with van der Waals surface area (Å²) in [5.74, 6) is -0.0116. The number of nitrogens with one attached hydrogen (secondary N) is 1. The van der Waals surface area contributed by atoms with E-state index in [-0.39, 0.29) is 17.2 Å². The number of nitrogens with zero attached hydrogens (tertiary/aromatic N) is 2. The lowest BCUT2D eigenvalue weighted by Gasteiger charge is -2.17. The number of aromatic nitrogens is 2. The van der Waals surface area contributed by atoms with Gasteiger partial charge in [0.15, 0.2) is 9.84 Å². The molecule has 1 N–H and O–H groups in total. The third-order valence-corrected chi connectivity index (χ3v) is 6.04. The molecule has 6 nitrogen and oxygen atoms in total. The molecule has 2 aromatic rings. The predicted molar refractivity (Wildman–Crippen MR) is 99.6 cm³/mol. The molecule has 1 aromatic carbocycles. The van der Waals surface area contributed by atoms with Gasteiger partial charge >= 0.3 is 0 Å². The standard InChI is InChI=1S/C19H25N3O3S/c1-22(13-18-16-6-4-3-5-7-17(16)20-21-18)19(23)12-14-8-10-15(11-9-14)26(2,24)25/h8-11H,3-7,12-13H2,1-2H3,(H,20,21). The molecule has 1 heterocycles. The highest BCUT2D eigenvalue weighted by Crippen LogP contribution is 2.22. The summed E-state index contributed by atoms with van der Waals surface area (Å²) in [5.41, 5.74) is 4.26. The van der Waals surface area contributed by atoms with Crippen molar-refractivity contribution in [3.63, 3.8) is 0 Å². The second-order valence-electron chi connectivity index (χ2n) is 7.03. The zero-order valence-electron chi connectivity index (χ0n) is 15.3. The average Bonchev–Trinajstić information content (AvgIpc) is 2.81. The van der Waals surface area contributed by atoms with Crippen molar-refractivity contribution in [3.8, 4) is 0 Å². The molecular weight excluding hydrogens is 350 g/mol. The molecule has 0 fully saturated rings. The van der Waals surface area contributed by atoms with E-state index in [2.05, 4.69) is 10.2 Å². The van der Waals surface area contributed by atoms with E-state index in [1.807, 2.05) is 0 Å². The first-order valence-corrected chi connectivity index (χ1v) is 10.8. The van der Waals surface area contributed by atoms with Crippen LogP contribution < -0.4 is 0 Å². The van der Waals surface area contributed by atoms with Crippen LogP contribution in [-0.4, -0.2) is 42.7 Å². The Balaban J connectivity index is 1.64. The van der Waals surface area contributed by atoms with E-state index in [4.69, 9.17) is 0 Å². The fourth-order valence-electron chi connectivity index (χ4n) is 3.33. The van der Waals surface area contributed by atoms with E-state index >= 15 is 0 Å². The van der Waals surface area contributed by atoms with Crippen LogP contribution in [0, 0.1) is 0 Å². The summed E-state index contributed by atoms with van der Waals surface area (Å²) in [6.45, 7) is 0.492. The van der Waals surface area contributed by atoms with Crippen molar-refractivity contribution in [1.82, 2.24) is 15.1 Å². The van der Waals surface area contributed by atoms with E-state index in [1.54, 1.807) is 36.2 Å². The molecule has 1 aromatic heterocycles. The van der Waals surface area contributed by atoms with Crippen molar-refractivity contribution in [3.05, 3.63) is 46.8 Å². The maximum Gasteiger partial charge on any atom is 0.227 e. The van der Waals surface area contributed by atoms with Gasteiger partial charge in [0.05, 0.1) is 23.6 Å². The molecule has 1 aliphatic carbocycles. The molecule has 0 spiro atoms. The van der Waals surface area contributed by atoms with Crippen LogP contribution in [0.3, 0.4) is 0 Å². The summed E-state index contributed by atoms with van der Waals surface area (Å²) in [7, 11) is -1.43. The maximum absolute atomic E-state index is 12.5. The van der Waals surface area contributed by atoms with Gasteiger partial charge in [-0.2, -0.15) is 5.10 Å². The number of aryl methyl sites for hydroxylation is 1. The van der Waals surface area contributed by atoms with Crippen LogP contribution >= 0.6 is 0 Å². The van der Waals surface area contributed by atoms with Gasteiger partial charge in [-0.3, -0.25) is 9.89 Å². The van der Waals surface area contributed by atoms with Gasteiger partial charge in [0.25, 0.3) is 0 Å². The topological polar surface area (TPSA) is 83.1 Å². The van der Waals surface area contributed by atoms with Gasteiger partial charge in [-0.15, -0.1) is 0 Å². The molecular formula is C19H25N3O3S. The van der Waals surface area contributed by atoms with Gasteiger partial charge in [0.1, 0.15) is 0 Å². The van der Waals surface area contributed by atoms with E-state index in [1.165, 1.54) is 36.8 Å². The summed E-state index contributed by atoms with van der Waals surface area (Å²) >= 11 is 0. The number of carbonyl (C=O) groups is 1. The van der Waals surface area contributed by atoms with Gasteiger partial charge in [-0.05, 0) is 48.9 Å².